The lowest BCUT2D eigenvalue weighted by atomic mass is 10.2. The number of aliphatic carboxylic acids is 1. The number of hydrogen-bond donors (Lipinski definition) is 1. The van der Waals surface area contributed by atoms with Crippen LogP contribution in [0.3, 0.4) is 0 Å². The summed E-state index contributed by atoms with van der Waals surface area (Å²) in [4.78, 5) is 23.9. The van der Waals surface area contributed by atoms with Crippen LogP contribution in [0.15, 0.2) is 11.1 Å². The molecule has 0 unspecified atom stereocenters. The molecule has 0 spiro atoms. The second-order valence-corrected chi connectivity index (χ2v) is 4.90. The van der Waals surface area contributed by atoms with Gasteiger partial charge in [0.05, 0.1) is 12.1 Å². The van der Waals surface area contributed by atoms with Gasteiger partial charge in [0.2, 0.25) is 0 Å². The highest BCUT2D eigenvalue weighted by atomic mass is 16.6. The van der Waals surface area contributed by atoms with Crippen molar-refractivity contribution in [2.45, 2.75) is 33.3 Å². The molecular formula is C11H17NO4. The third-order valence-corrected chi connectivity index (χ3v) is 2.20. The fraction of sp³-hybridized carbons (Fsp3) is 0.636. The van der Waals surface area contributed by atoms with Gasteiger partial charge in [0.25, 0.3) is 0 Å². The maximum Gasteiger partial charge on any atom is 0.410 e. The summed E-state index contributed by atoms with van der Waals surface area (Å²) < 4.78 is 5.17. The van der Waals surface area contributed by atoms with Crippen LogP contribution in [-0.4, -0.2) is 40.8 Å². The van der Waals surface area contributed by atoms with Gasteiger partial charge in [0.15, 0.2) is 0 Å². The summed E-state index contributed by atoms with van der Waals surface area (Å²) in [5.41, 5.74) is 0.431. The molecule has 5 nitrogen and oxygen atoms in total. The monoisotopic (exact) mass is 227 g/mol. The molecule has 1 N–H and O–H groups in total. The minimum atomic E-state index is -0.969. The fourth-order valence-corrected chi connectivity index (χ4v) is 1.47. The number of rotatable bonds is 1. The lowest BCUT2D eigenvalue weighted by Crippen LogP contribution is -2.36. The minimum absolute atomic E-state index is 0.121. The Bertz CT molecular complexity index is 351. The van der Waals surface area contributed by atoms with Gasteiger partial charge in [-0.2, -0.15) is 0 Å². The van der Waals surface area contributed by atoms with Gasteiger partial charge in [0, 0.05) is 6.54 Å². The summed E-state index contributed by atoms with van der Waals surface area (Å²) in [5, 5.41) is 8.88. The Balaban J connectivity index is 2.63. The zero-order chi connectivity index (χ0) is 12.5. The predicted octanol–water partition coefficient (Wildman–Crippen LogP) is 1.64. The van der Waals surface area contributed by atoms with E-state index in [2.05, 4.69) is 0 Å². The van der Waals surface area contributed by atoms with Crippen molar-refractivity contribution in [2.24, 2.45) is 0 Å². The van der Waals surface area contributed by atoms with E-state index in [0.29, 0.717) is 12.1 Å². The van der Waals surface area contributed by atoms with Crippen molar-refractivity contribution in [3.8, 4) is 0 Å². The Labute approximate surface area is 94.7 Å². The van der Waals surface area contributed by atoms with Crippen molar-refractivity contribution in [1.29, 1.82) is 0 Å². The SMILES string of the molecule is CC1=C(C(=O)O)CN(C(=O)OC(C)(C)C)C1. The van der Waals surface area contributed by atoms with Crippen molar-refractivity contribution in [3.05, 3.63) is 11.1 Å². The van der Waals surface area contributed by atoms with E-state index in [0.717, 1.165) is 0 Å². The molecule has 1 aliphatic heterocycles. The number of carboxylic acid groups (broad SMARTS) is 1. The molecule has 0 aromatic rings. The fourth-order valence-electron chi connectivity index (χ4n) is 1.47. The highest BCUT2D eigenvalue weighted by molar-refractivity contribution is 5.90. The Hall–Kier alpha value is -1.52. The number of amides is 1. The predicted molar refractivity (Wildman–Crippen MR) is 58.1 cm³/mol. The Morgan fingerprint density at radius 1 is 1.31 bits per heavy atom. The van der Waals surface area contributed by atoms with E-state index in [-0.39, 0.29) is 12.1 Å². The second-order valence-electron chi connectivity index (χ2n) is 4.90. The average molecular weight is 227 g/mol. The molecule has 0 saturated carbocycles. The normalized spacial score (nSPS) is 16.6. The van der Waals surface area contributed by atoms with E-state index in [1.165, 1.54) is 4.90 Å². The van der Waals surface area contributed by atoms with Gasteiger partial charge in [0.1, 0.15) is 5.60 Å². The minimum Gasteiger partial charge on any atom is -0.478 e. The first-order chi connectivity index (χ1) is 7.20. The topological polar surface area (TPSA) is 66.8 Å². The summed E-state index contributed by atoms with van der Waals surface area (Å²) >= 11 is 0. The van der Waals surface area contributed by atoms with E-state index in [9.17, 15) is 9.59 Å². The van der Waals surface area contributed by atoms with Crippen LogP contribution in [0.25, 0.3) is 0 Å². The molecular weight excluding hydrogens is 210 g/mol. The van der Waals surface area contributed by atoms with Crippen LogP contribution >= 0.6 is 0 Å². The molecule has 0 aliphatic carbocycles. The summed E-state index contributed by atoms with van der Waals surface area (Å²) in [6.45, 7) is 7.50. The second kappa shape index (κ2) is 4.15. The van der Waals surface area contributed by atoms with Gasteiger partial charge >= 0.3 is 12.1 Å². The van der Waals surface area contributed by atoms with Crippen LogP contribution in [0, 0.1) is 0 Å². The summed E-state index contributed by atoms with van der Waals surface area (Å²) in [7, 11) is 0. The lowest BCUT2D eigenvalue weighted by molar-refractivity contribution is -0.132. The molecule has 90 valence electrons. The molecule has 0 fully saturated rings. The quantitative estimate of drug-likeness (QED) is 0.739. The van der Waals surface area contributed by atoms with Crippen molar-refractivity contribution >= 4 is 12.1 Å². The smallest absolute Gasteiger partial charge is 0.410 e. The van der Waals surface area contributed by atoms with Gasteiger partial charge in [-0.3, -0.25) is 4.90 Å². The molecule has 0 aromatic carbocycles. The number of ether oxygens (including phenoxy) is 1. The standard InChI is InChI=1S/C11H17NO4/c1-7-5-12(6-8(7)9(13)14)10(15)16-11(2,3)4/h5-6H2,1-4H3,(H,13,14). The molecule has 1 heterocycles. The first kappa shape index (κ1) is 12.5. The summed E-state index contributed by atoms with van der Waals surface area (Å²) in [5.74, 6) is -0.969. The number of carbonyl (C=O) groups is 2. The number of nitrogens with zero attached hydrogens (tertiary/aromatic N) is 1. The average Bonchev–Trinajstić information content (AvgIpc) is 2.44. The molecule has 16 heavy (non-hydrogen) atoms. The molecule has 0 aromatic heterocycles. The summed E-state index contributed by atoms with van der Waals surface area (Å²) in [6, 6.07) is 0. The van der Waals surface area contributed by atoms with E-state index < -0.39 is 17.7 Å². The molecule has 1 aliphatic rings. The highest BCUT2D eigenvalue weighted by Crippen LogP contribution is 2.19. The molecule has 5 heteroatoms. The first-order valence-corrected chi connectivity index (χ1v) is 5.10. The van der Waals surface area contributed by atoms with E-state index in [1.807, 2.05) is 0 Å². The van der Waals surface area contributed by atoms with Crippen molar-refractivity contribution in [3.63, 3.8) is 0 Å². The zero-order valence-corrected chi connectivity index (χ0v) is 10.0. The van der Waals surface area contributed by atoms with Crippen LogP contribution < -0.4 is 0 Å². The van der Waals surface area contributed by atoms with Crippen LogP contribution in [0.1, 0.15) is 27.7 Å². The first-order valence-electron chi connectivity index (χ1n) is 5.10. The zero-order valence-electron chi connectivity index (χ0n) is 10.0. The molecule has 0 bridgehead atoms. The van der Waals surface area contributed by atoms with E-state index >= 15 is 0 Å². The molecule has 0 radical (unpaired) electrons. The Kier molecular flexibility index (Phi) is 3.26. The maximum absolute atomic E-state index is 11.7. The van der Waals surface area contributed by atoms with Crippen molar-refractivity contribution in [2.75, 3.05) is 13.1 Å². The number of carbonyl (C=O) groups excluding carboxylic acids is 1. The largest absolute Gasteiger partial charge is 0.478 e. The van der Waals surface area contributed by atoms with Gasteiger partial charge < -0.3 is 9.84 Å². The highest BCUT2D eigenvalue weighted by Gasteiger charge is 2.30. The molecule has 1 rings (SSSR count). The Morgan fingerprint density at radius 3 is 2.25 bits per heavy atom. The van der Waals surface area contributed by atoms with Crippen LogP contribution in [0.2, 0.25) is 0 Å². The van der Waals surface area contributed by atoms with Gasteiger partial charge in [-0.25, -0.2) is 9.59 Å². The van der Waals surface area contributed by atoms with E-state index in [4.69, 9.17) is 9.84 Å². The third kappa shape index (κ3) is 2.98. The third-order valence-electron chi connectivity index (χ3n) is 2.20. The van der Waals surface area contributed by atoms with Crippen LogP contribution in [0.5, 0.6) is 0 Å². The lowest BCUT2D eigenvalue weighted by Gasteiger charge is -2.24. The van der Waals surface area contributed by atoms with E-state index in [1.54, 1.807) is 27.7 Å². The Morgan fingerprint density at radius 2 is 1.88 bits per heavy atom. The van der Waals surface area contributed by atoms with Gasteiger partial charge in [-0.1, -0.05) is 0 Å². The number of carboxylic acids is 1. The maximum atomic E-state index is 11.7. The van der Waals surface area contributed by atoms with Crippen LogP contribution in [0.4, 0.5) is 4.79 Å². The van der Waals surface area contributed by atoms with Gasteiger partial charge in [-0.15, -0.1) is 0 Å². The summed E-state index contributed by atoms with van der Waals surface area (Å²) in [6.07, 6.45) is -0.469. The molecule has 0 atom stereocenters. The molecule has 1 amide bonds. The number of hydrogen-bond acceptors (Lipinski definition) is 3. The van der Waals surface area contributed by atoms with Crippen molar-refractivity contribution in [1.82, 2.24) is 4.90 Å². The van der Waals surface area contributed by atoms with Gasteiger partial charge in [-0.05, 0) is 33.3 Å². The van der Waals surface area contributed by atoms with Crippen LogP contribution in [-0.2, 0) is 9.53 Å². The molecule has 0 saturated heterocycles. The van der Waals surface area contributed by atoms with Crippen molar-refractivity contribution < 1.29 is 19.4 Å².